The first-order chi connectivity index (χ1) is 8.49. The molecule has 0 bridgehead atoms. The van der Waals surface area contributed by atoms with Crippen molar-refractivity contribution in [2.45, 2.75) is 25.9 Å². The molecular weight excluding hydrogens is 230 g/mol. The zero-order valence-corrected chi connectivity index (χ0v) is 11.0. The first kappa shape index (κ1) is 12.8. The Morgan fingerprint density at radius 1 is 1.33 bits per heavy atom. The molecular formula is C13H19N3O2. The summed E-state index contributed by atoms with van der Waals surface area (Å²) >= 11 is 0. The first-order valence-electron chi connectivity index (χ1n) is 6.15. The summed E-state index contributed by atoms with van der Waals surface area (Å²) in [6, 6.07) is 4.33. The van der Waals surface area contributed by atoms with Gasteiger partial charge in [-0.25, -0.2) is 9.78 Å². The van der Waals surface area contributed by atoms with Crippen LogP contribution in [0, 0.1) is 0 Å². The summed E-state index contributed by atoms with van der Waals surface area (Å²) in [4.78, 5) is 19.6. The molecule has 0 spiro atoms. The molecule has 0 radical (unpaired) electrons. The summed E-state index contributed by atoms with van der Waals surface area (Å²) in [5.41, 5.74) is 0.231. The lowest BCUT2D eigenvalue weighted by atomic mass is 10.1. The van der Waals surface area contributed by atoms with E-state index < -0.39 is 5.97 Å². The van der Waals surface area contributed by atoms with Gasteiger partial charge in [0.15, 0.2) is 0 Å². The smallest absolute Gasteiger partial charge is 0.337 e. The van der Waals surface area contributed by atoms with Crippen LogP contribution < -0.4 is 4.90 Å². The van der Waals surface area contributed by atoms with Gasteiger partial charge in [-0.3, -0.25) is 4.90 Å². The van der Waals surface area contributed by atoms with Crippen molar-refractivity contribution in [1.29, 1.82) is 0 Å². The van der Waals surface area contributed by atoms with Crippen molar-refractivity contribution >= 4 is 11.8 Å². The van der Waals surface area contributed by atoms with Gasteiger partial charge >= 0.3 is 5.97 Å². The number of carboxylic acid groups (broad SMARTS) is 1. The van der Waals surface area contributed by atoms with Gasteiger partial charge in [0, 0.05) is 31.4 Å². The Morgan fingerprint density at radius 3 is 2.39 bits per heavy atom. The number of piperazine rings is 1. The maximum atomic E-state index is 10.8. The van der Waals surface area contributed by atoms with Crippen LogP contribution in [0.5, 0.6) is 0 Å². The van der Waals surface area contributed by atoms with Crippen LogP contribution in [0.2, 0.25) is 0 Å². The number of likely N-dealkylation sites (N-methyl/N-ethyl adjacent to an activating group) is 1. The highest BCUT2D eigenvalue weighted by molar-refractivity contribution is 5.87. The molecule has 0 aromatic carbocycles. The van der Waals surface area contributed by atoms with Crippen molar-refractivity contribution in [3.8, 4) is 0 Å². The molecule has 5 nitrogen and oxygen atoms in total. The topological polar surface area (TPSA) is 56.7 Å². The Hall–Kier alpha value is -1.62. The SMILES string of the molecule is C[C@@H]1CN(c2ccc(C(=O)O)cn2)C[C@H](C)N1C. The summed E-state index contributed by atoms with van der Waals surface area (Å²) in [6.07, 6.45) is 1.42. The van der Waals surface area contributed by atoms with Gasteiger partial charge in [-0.15, -0.1) is 0 Å². The van der Waals surface area contributed by atoms with Crippen LogP contribution in [0.3, 0.4) is 0 Å². The monoisotopic (exact) mass is 249 g/mol. The molecule has 1 saturated heterocycles. The third-order valence-electron chi connectivity index (χ3n) is 3.68. The molecule has 5 heteroatoms. The van der Waals surface area contributed by atoms with Crippen molar-refractivity contribution in [1.82, 2.24) is 9.88 Å². The molecule has 2 rings (SSSR count). The Kier molecular flexibility index (Phi) is 3.52. The zero-order chi connectivity index (χ0) is 13.3. The average molecular weight is 249 g/mol. The maximum Gasteiger partial charge on any atom is 0.337 e. The largest absolute Gasteiger partial charge is 0.478 e. The molecule has 1 aliphatic rings. The number of aromatic carboxylic acids is 1. The highest BCUT2D eigenvalue weighted by atomic mass is 16.4. The van der Waals surface area contributed by atoms with Crippen LogP contribution in [-0.4, -0.2) is 53.2 Å². The molecule has 0 amide bonds. The number of carbonyl (C=O) groups is 1. The highest BCUT2D eigenvalue weighted by Crippen LogP contribution is 2.19. The van der Waals surface area contributed by atoms with Crippen LogP contribution in [0.25, 0.3) is 0 Å². The summed E-state index contributed by atoms with van der Waals surface area (Å²) < 4.78 is 0. The molecule has 1 aromatic heterocycles. The number of aromatic nitrogens is 1. The first-order valence-corrected chi connectivity index (χ1v) is 6.15. The van der Waals surface area contributed by atoms with Gasteiger partial charge in [0.05, 0.1) is 5.56 Å². The minimum atomic E-state index is -0.936. The van der Waals surface area contributed by atoms with E-state index in [1.807, 2.05) is 0 Å². The molecule has 0 aliphatic carbocycles. The van der Waals surface area contributed by atoms with E-state index in [4.69, 9.17) is 5.11 Å². The van der Waals surface area contributed by atoms with Crippen LogP contribution in [0.1, 0.15) is 24.2 Å². The Morgan fingerprint density at radius 2 is 1.94 bits per heavy atom. The van der Waals surface area contributed by atoms with Crippen molar-refractivity contribution in [2.24, 2.45) is 0 Å². The second-order valence-electron chi connectivity index (χ2n) is 4.98. The fraction of sp³-hybridized carbons (Fsp3) is 0.538. The predicted octanol–water partition coefficient (Wildman–Crippen LogP) is 1.31. The predicted molar refractivity (Wildman–Crippen MR) is 70.1 cm³/mol. The molecule has 2 atom stereocenters. The van der Waals surface area contributed by atoms with E-state index in [1.54, 1.807) is 12.1 Å². The quantitative estimate of drug-likeness (QED) is 0.856. The standard InChI is InChI=1S/C13H19N3O2/c1-9-7-16(8-10(2)15(9)3)12-5-4-11(6-14-12)13(17)18/h4-6,9-10H,7-8H2,1-3H3,(H,17,18)/t9-,10+. The minimum Gasteiger partial charge on any atom is -0.478 e. The van der Waals surface area contributed by atoms with E-state index in [2.05, 4.69) is 35.7 Å². The number of nitrogens with zero attached hydrogens (tertiary/aromatic N) is 3. The van der Waals surface area contributed by atoms with E-state index in [-0.39, 0.29) is 5.56 Å². The summed E-state index contributed by atoms with van der Waals surface area (Å²) in [5, 5.41) is 8.84. The molecule has 18 heavy (non-hydrogen) atoms. The molecule has 1 aliphatic heterocycles. The van der Waals surface area contributed by atoms with Crippen LogP contribution in [-0.2, 0) is 0 Å². The molecule has 0 saturated carbocycles. The summed E-state index contributed by atoms with van der Waals surface area (Å²) in [5.74, 6) is -0.0824. The lowest BCUT2D eigenvalue weighted by Gasteiger charge is -2.42. The second-order valence-corrected chi connectivity index (χ2v) is 4.98. The van der Waals surface area contributed by atoms with Crippen LogP contribution in [0.4, 0.5) is 5.82 Å². The normalized spacial score (nSPS) is 25.2. The Labute approximate surface area is 107 Å². The fourth-order valence-electron chi connectivity index (χ4n) is 2.29. The van der Waals surface area contributed by atoms with Crippen LogP contribution >= 0.6 is 0 Å². The lowest BCUT2D eigenvalue weighted by Crippen LogP contribution is -2.55. The van der Waals surface area contributed by atoms with Gasteiger partial charge in [-0.1, -0.05) is 0 Å². The van der Waals surface area contributed by atoms with Gasteiger partial charge in [0.1, 0.15) is 5.82 Å². The number of rotatable bonds is 2. The van der Waals surface area contributed by atoms with Crippen molar-refractivity contribution in [3.05, 3.63) is 23.9 Å². The summed E-state index contributed by atoms with van der Waals surface area (Å²) in [6.45, 7) is 6.21. The molecule has 1 aromatic rings. The minimum absolute atomic E-state index is 0.231. The van der Waals surface area contributed by atoms with Gasteiger partial charge in [0.2, 0.25) is 0 Å². The Bertz CT molecular complexity index is 420. The maximum absolute atomic E-state index is 10.8. The Balaban J connectivity index is 2.14. The average Bonchev–Trinajstić information content (AvgIpc) is 2.35. The molecule has 1 fully saturated rings. The van der Waals surface area contributed by atoms with Crippen LogP contribution in [0.15, 0.2) is 18.3 Å². The van der Waals surface area contributed by atoms with E-state index in [9.17, 15) is 4.79 Å². The zero-order valence-electron chi connectivity index (χ0n) is 11.0. The van der Waals surface area contributed by atoms with Gasteiger partial charge < -0.3 is 10.0 Å². The number of hydrogen-bond donors (Lipinski definition) is 1. The van der Waals surface area contributed by atoms with Crippen molar-refractivity contribution < 1.29 is 9.90 Å². The van der Waals surface area contributed by atoms with Gasteiger partial charge in [0.25, 0.3) is 0 Å². The lowest BCUT2D eigenvalue weighted by molar-refractivity contribution is 0.0696. The number of hydrogen-bond acceptors (Lipinski definition) is 4. The molecule has 1 N–H and O–H groups in total. The number of pyridine rings is 1. The second kappa shape index (κ2) is 4.94. The number of anilines is 1. The third-order valence-corrected chi connectivity index (χ3v) is 3.68. The van der Waals surface area contributed by atoms with E-state index in [0.29, 0.717) is 12.1 Å². The van der Waals surface area contributed by atoms with Gasteiger partial charge in [-0.05, 0) is 33.0 Å². The van der Waals surface area contributed by atoms with Crippen molar-refractivity contribution in [3.63, 3.8) is 0 Å². The third kappa shape index (κ3) is 2.46. The summed E-state index contributed by atoms with van der Waals surface area (Å²) in [7, 11) is 2.13. The van der Waals surface area contributed by atoms with Gasteiger partial charge in [-0.2, -0.15) is 0 Å². The number of carboxylic acids is 1. The van der Waals surface area contributed by atoms with E-state index in [1.165, 1.54) is 6.20 Å². The fourth-order valence-corrected chi connectivity index (χ4v) is 2.29. The van der Waals surface area contributed by atoms with Crippen molar-refractivity contribution in [2.75, 3.05) is 25.0 Å². The van der Waals surface area contributed by atoms with E-state index >= 15 is 0 Å². The highest BCUT2D eigenvalue weighted by Gasteiger charge is 2.27. The molecule has 98 valence electrons. The molecule has 0 unspecified atom stereocenters. The van der Waals surface area contributed by atoms with E-state index in [0.717, 1.165) is 18.9 Å². The molecule has 2 heterocycles.